The first-order valence-electron chi connectivity index (χ1n) is 10.1. The number of nitrogens with zero attached hydrogens (tertiary/aromatic N) is 1. The number of fused-ring (bicyclic) bond motifs is 1. The van der Waals surface area contributed by atoms with Gasteiger partial charge in [0, 0.05) is 24.8 Å². The monoisotopic (exact) mass is 380 g/mol. The molecule has 28 heavy (non-hydrogen) atoms. The molecule has 2 aliphatic heterocycles. The summed E-state index contributed by atoms with van der Waals surface area (Å²) in [5, 5.41) is 3.22. The Morgan fingerprint density at radius 2 is 1.89 bits per heavy atom. The molecule has 5 nitrogen and oxygen atoms in total. The molecule has 1 N–H and O–H groups in total. The van der Waals surface area contributed by atoms with Crippen molar-refractivity contribution in [3.8, 4) is 5.75 Å². The molecule has 0 aromatic heterocycles. The molecule has 0 saturated carbocycles. The number of carbonyl (C=O) groups excluding carboxylic acids is 1. The van der Waals surface area contributed by atoms with Crippen LogP contribution >= 0.6 is 0 Å². The molecule has 2 heterocycles. The van der Waals surface area contributed by atoms with Gasteiger partial charge in [0.15, 0.2) is 0 Å². The van der Waals surface area contributed by atoms with E-state index < -0.39 is 0 Å². The van der Waals surface area contributed by atoms with Gasteiger partial charge in [-0.3, -0.25) is 4.79 Å². The summed E-state index contributed by atoms with van der Waals surface area (Å²) >= 11 is 0. The summed E-state index contributed by atoms with van der Waals surface area (Å²) in [6.45, 7) is 2.58. The molecule has 2 aromatic rings. The van der Waals surface area contributed by atoms with E-state index in [-0.39, 0.29) is 18.1 Å². The number of methoxy groups -OCH3 is 1. The van der Waals surface area contributed by atoms with Gasteiger partial charge in [-0.25, -0.2) is 0 Å². The van der Waals surface area contributed by atoms with Crippen molar-refractivity contribution in [1.29, 1.82) is 0 Å². The lowest BCUT2D eigenvalue weighted by atomic mass is 9.95. The maximum Gasteiger partial charge on any atom is 0.223 e. The van der Waals surface area contributed by atoms with Gasteiger partial charge in [-0.1, -0.05) is 24.3 Å². The maximum absolute atomic E-state index is 12.6. The third-order valence-corrected chi connectivity index (χ3v) is 5.76. The largest absolute Gasteiger partial charge is 0.497 e. The predicted octanol–water partition coefficient (Wildman–Crippen LogP) is 3.48. The highest BCUT2D eigenvalue weighted by molar-refractivity contribution is 5.77. The number of hydrogen-bond donors (Lipinski definition) is 1. The number of amides is 1. The topological polar surface area (TPSA) is 50.8 Å². The van der Waals surface area contributed by atoms with Crippen molar-refractivity contribution in [3.05, 3.63) is 59.7 Å². The third-order valence-electron chi connectivity index (χ3n) is 5.76. The second kappa shape index (κ2) is 8.65. The second-order valence-electron chi connectivity index (χ2n) is 7.54. The molecule has 1 amide bonds. The molecule has 4 rings (SSSR count). The van der Waals surface area contributed by atoms with E-state index in [9.17, 15) is 4.79 Å². The molecule has 0 spiro atoms. The van der Waals surface area contributed by atoms with Crippen LogP contribution in [0.2, 0.25) is 0 Å². The van der Waals surface area contributed by atoms with E-state index in [1.165, 1.54) is 16.8 Å². The van der Waals surface area contributed by atoms with Crippen LogP contribution in [0.25, 0.3) is 0 Å². The molecule has 0 unspecified atom stereocenters. The Hall–Kier alpha value is -2.53. The highest BCUT2D eigenvalue weighted by atomic mass is 16.5. The number of ether oxygens (including phenoxy) is 2. The van der Waals surface area contributed by atoms with E-state index in [0.717, 1.165) is 38.1 Å². The normalized spacial score (nSPS) is 19.8. The minimum Gasteiger partial charge on any atom is -0.497 e. The van der Waals surface area contributed by atoms with Gasteiger partial charge in [0.2, 0.25) is 5.91 Å². The first-order chi connectivity index (χ1) is 13.7. The van der Waals surface area contributed by atoms with Crippen LogP contribution in [0.15, 0.2) is 48.5 Å². The van der Waals surface area contributed by atoms with Crippen LogP contribution < -0.4 is 15.0 Å². The van der Waals surface area contributed by atoms with E-state index in [1.54, 1.807) is 7.11 Å². The Morgan fingerprint density at radius 3 is 2.64 bits per heavy atom. The molecule has 0 radical (unpaired) electrons. The fraction of sp³-hybridized carbons (Fsp3) is 0.435. The van der Waals surface area contributed by atoms with Crippen molar-refractivity contribution >= 4 is 11.6 Å². The summed E-state index contributed by atoms with van der Waals surface area (Å²) in [5.41, 5.74) is 3.68. The number of anilines is 1. The molecular formula is C23H28N2O3. The molecule has 5 heteroatoms. The smallest absolute Gasteiger partial charge is 0.223 e. The molecule has 148 valence electrons. The van der Waals surface area contributed by atoms with Crippen molar-refractivity contribution in [3.63, 3.8) is 0 Å². The van der Waals surface area contributed by atoms with Crippen molar-refractivity contribution in [2.75, 3.05) is 31.7 Å². The molecule has 1 fully saturated rings. The van der Waals surface area contributed by atoms with Gasteiger partial charge in [-0.15, -0.1) is 0 Å². The van der Waals surface area contributed by atoms with Gasteiger partial charge in [-0.05, 0) is 54.7 Å². The van der Waals surface area contributed by atoms with Gasteiger partial charge in [0.05, 0.1) is 26.2 Å². The lowest BCUT2D eigenvalue weighted by Gasteiger charge is -2.34. The third kappa shape index (κ3) is 4.30. The Bertz CT molecular complexity index is 798. The van der Waals surface area contributed by atoms with E-state index in [1.807, 2.05) is 18.2 Å². The van der Waals surface area contributed by atoms with Crippen LogP contribution in [0.1, 0.15) is 36.5 Å². The number of nitrogens with one attached hydrogen (secondary N) is 1. The first kappa shape index (κ1) is 18.8. The summed E-state index contributed by atoms with van der Waals surface area (Å²) in [7, 11) is 1.68. The summed E-state index contributed by atoms with van der Waals surface area (Å²) in [6.07, 6.45) is 3.12. The van der Waals surface area contributed by atoms with Crippen LogP contribution in [0.4, 0.5) is 5.69 Å². The van der Waals surface area contributed by atoms with Crippen LogP contribution in [0.3, 0.4) is 0 Å². The molecule has 0 bridgehead atoms. The van der Waals surface area contributed by atoms with Crippen molar-refractivity contribution in [2.45, 2.75) is 37.8 Å². The van der Waals surface area contributed by atoms with Gasteiger partial charge in [-0.2, -0.15) is 0 Å². The van der Waals surface area contributed by atoms with Crippen LogP contribution in [0.5, 0.6) is 5.75 Å². The zero-order valence-electron chi connectivity index (χ0n) is 16.4. The highest BCUT2D eigenvalue weighted by Crippen LogP contribution is 2.29. The number of carbonyl (C=O) groups is 1. The van der Waals surface area contributed by atoms with E-state index in [4.69, 9.17) is 9.47 Å². The van der Waals surface area contributed by atoms with E-state index in [2.05, 4.69) is 40.5 Å². The fourth-order valence-electron chi connectivity index (χ4n) is 4.18. The number of hydrogen-bond acceptors (Lipinski definition) is 4. The Kier molecular flexibility index (Phi) is 5.81. The zero-order valence-corrected chi connectivity index (χ0v) is 16.4. The average Bonchev–Trinajstić information content (AvgIpc) is 2.75. The predicted molar refractivity (Wildman–Crippen MR) is 110 cm³/mol. The van der Waals surface area contributed by atoms with Crippen LogP contribution in [-0.4, -0.2) is 38.8 Å². The fourth-order valence-corrected chi connectivity index (χ4v) is 4.18. The molecule has 1 saturated heterocycles. The molecule has 2 aliphatic rings. The van der Waals surface area contributed by atoms with E-state index >= 15 is 0 Å². The first-order valence-corrected chi connectivity index (χ1v) is 10.1. The lowest BCUT2D eigenvalue weighted by molar-refractivity contribution is -0.125. The molecular weight excluding hydrogens is 352 g/mol. The lowest BCUT2D eigenvalue weighted by Crippen LogP contribution is -2.45. The summed E-state index contributed by atoms with van der Waals surface area (Å²) in [4.78, 5) is 15.0. The molecule has 2 aromatic carbocycles. The van der Waals surface area contributed by atoms with Gasteiger partial charge < -0.3 is 19.7 Å². The number of rotatable bonds is 5. The average molecular weight is 380 g/mol. The summed E-state index contributed by atoms with van der Waals surface area (Å²) in [6, 6.07) is 16.7. The standard InChI is InChI=1S/C23H28N2O3/c1-27-20-8-6-19(7-9-20)25-13-10-18(11-14-25)24-23(26)16-22-21-5-3-2-4-17(21)12-15-28-22/h2-9,18,22H,10-16H2,1H3,(H,24,26)/t22-/m1/s1. The van der Waals surface area contributed by atoms with Crippen LogP contribution in [-0.2, 0) is 16.0 Å². The highest BCUT2D eigenvalue weighted by Gasteiger charge is 2.25. The quantitative estimate of drug-likeness (QED) is 0.863. The van der Waals surface area contributed by atoms with Gasteiger partial charge >= 0.3 is 0 Å². The van der Waals surface area contributed by atoms with Crippen LogP contribution in [0, 0.1) is 0 Å². The van der Waals surface area contributed by atoms with Gasteiger partial charge in [0.1, 0.15) is 5.75 Å². The Morgan fingerprint density at radius 1 is 1.14 bits per heavy atom. The summed E-state index contributed by atoms with van der Waals surface area (Å²) < 4.78 is 11.1. The van der Waals surface area contributed by atoms with Gasteiger partial charge in [0.25, 0.3) is 0 Å². The molecule has 0 aliphatic carbocycles. The van der Waals surface area contributed by atoms with Crippen molar-refractivity contribution < 1.29 is 14.3 Å². The Balaban J connectivity index is 1.27. The second-order valence-corrected chi connectivity index (χ2v) is 7.54. The van der Waals surface area contributed by atoms with E-state index in [0.29, 0.717) is 13.0 Å². The number of piperidine rings is 1. The number of benzene rings is 2. The maximum atomic E-state index is 12.6. The minimum absolute atomic E-state index is 0.0876. The molecule has 1 atom stereocenters. The van der Waals surface area contributed by atoms with Crippen molar-refractivity contribution in [1.82, 2.24) is 5.32 Å². The minimum atomic E-state index is -0.121. The van der Waals surface area contributed by atoms with Crippen molar-refractivity contribution in [2.24, 2.45) is 0 Å². The Labute approximate surface area is 166 Å². The zero-order chi connectivity index (χ0) is 19.3. The summed E-state index contributed by atoms with van der Waals surface area (Å²) in [5.74, 6) is 0.960. The SMILES string of the molecule is COc1ccc(N2CCC(NC(=O)C[C@H]3OCCc4ccccc43)CC2)cc1.